The molecule has 0 radical (unpaired) electrons. The number of hydrogen-bond acceptors (Lipinski definition) is 3. The second kappa shape index (κ2) is 4.90. The van der Waals surface area contributed by atoms with Crippen molar-refractivity contribution in [1.29, 1.82) is 0 Å². The number of ether oxygens (including phenoxy) is 1. The van der Waals surface area contributed by atoms with Gasteiger partial charge in [0.1, 0.15) is 5.75 Å². The Labute approximate surface area is 109 Å². The molecule has 1 unspecified atom stereocenters. The van der Waals surface area contributed by atoms with Gasteiger partial charge in [-0.3, -0.25) is 4.90 Å². The molecule has 0 amide bonds. The van der Waals surface area contributed by atoms with E-state index >= 15 is 0 Å². The van der Waals surface area contributed by atoms with Gasteiger partial charge in [-0.2, -0.15) is 0 Å². The van der Waals surface area contributed by atoms with Gasteiger partial charge < -0.3 is 10.5 Å². The van der Waals surface area contributed by atoms with E-state index in [4.69, 9.17) is 10.5 Å². The van der Waals surface area contributed by atoms with Gasteiger partial charge in [-0.05, 0) is 37.1 Å². The molecule has 2 aliphatic rings. The molecule has 1 aromatic carbocycles. The number of nitrogens with zero attached hydrogens (tertiary/aromatic N) is 1. The molecule has 3 heteroatoms. The van der Waals surface area contributed by atoms with Crippen molar-refractivity contribution in [2.45, 2.75) is 37.8 Å². The first-order chi connectivity index (χ1) is 8.79. The van der Waals surface area contributed by atoms with E-state index in [0.29, 0.717) is 12.6 Å². The predicted molar refractivity (Wildman–Crippen MR) is 72.8 cm³/mol. The molecular formula is C15H22N2O. The molecule has 0 bridgehead atoms. The fourth-order valence-electron chi connectivity index (χ4n) is 3.00. The van der Waals surface area contributed by atoms with Crippen LogP contribution in [0.1, 0.15) is 36.4 Å². The molecule has 1 saturated carbocycles. The van der Waals surface area contributed by atoms with Gasteiger partial charge in [0.15, 0.2) is 0 Å². The van der Waals surface area contributed by atoms with E-state index in [1.54, 1.807) is 0 Å². The van der Waals surface area contributed by atoms with Crippen molar-refractivity contribution in [1.82, 2.24) is 4.90 Å². The highest BCUT2D eigenvalue weighted by Crippen LogP contribution is 2.33. The van der Waals surface area contributed by atoms with E-state index in [0.717, 1.165) is 24.8 Å². The Kier molecular flexibility index (Phi) is 3.27. The highest BCUT2D eigenvalue weighted by Gasteiger charge is 2.28. The molecule has 1 fully saturated rings. The van der Waals surface area contributed by atoms with Crippen LogP contribution in [0.15, 0.2) is 18.2 Å². The maximum absolute atomic E-state index is 5.99. The molecule has 0 spiro atoms. The van der Waals surface area contributed by atoms with E-state index in [9.17, 15) is 0 Å². The first-order valence-electron chi connectivity index (χ1n) is 6.97. The fraction of sp³-hybridized carbons (Fsp3) is 0.600. The molecule has 1 aliphatic carbocycles. The third-order valence-corrected chi connectivity index (χ3v) is 4.46. The van der Waals surface area contributed by atoms with Crippen molar-refractivity contribution >= 4 is 0 Å². The summed E-state index contributed by atoms with van der Waals surface area (Å²) in [6, 6.07) is 7.64. The average molecular weight is 246 g/mol. The van der Waals surface area contributed by atoms with Crippen molar-refractivity contribution in [2.24, 2.45) is 5.73 Å². The van der Waals surface area contributed by atoms with Crippen LogP contribution in [0, 0.1) is 0 Å². The Morgan fingerprint density at radius 2 is 2.28 bits per heavy atom. The van der Waals surface area contributed by atoms with Gasteiger partial charge in [-0.25, -0.2) is 0 Å². The summed E-state index contributed by atoms with van der Waals surface area (Å²) in [6.07, 6.45) is 5.04. The molecular weight excluding hydrogens is 224 g/mol. The number of rotatable bonds is 4. The molecule has 1 aromatic rings. The first-order valence-corrected chi connectivity index (χ1v) is 6.97. The van der Waals surface area contributed by atoms with Crippen LogP contribution in [0.25, 0.3) is 0 Å². The third-order valence-electron chi connectivity index (χ3n) is 4.46. The zero-order chi connectivity index (χ0) is 12.5. The lowest BCUT2D eigenvalue weighted by molar-refractivity contribution is 0.113. The second-order valence-corrected chi connectivity index (χ2v) is 5.47. The van der Waals surface area contributed by atoms with E-state index in [1.807, 2.05) is 0 Å². The normalized spacial score (nSPS) is 20.4. The van der Waals surface area contributed by atoms with E-state index in [-0.39, 0.29) is 0 Å². The first kappa shape index (κ1) is 12.0. The number of nitrogens with two attached hydrogens (primary N) is 1. The van der Waals surface area contributed by atoms with Gasteiger partial charge >= 0.3 is 0 Å². The van der Waals surface area contributed by atoms with Crippen LogP contribution in [0.5, 0.6) is 5.75 Å². The van der Waals surface area contributed by atoms with Crippen LogP contribution in [0.3, 0.4) is 0 Å². The molecule has 3 rings (SSSR count). The SMILES string of the molecule is CN(C1CCC1)C(CN)c1ccc2c(c1)CCO2. The Balaban J connectivity index is 1.82. The van der Waals surface area contributed by atoms with E-state index in [2.05, 4.69) is 30.1 Å². The average Bonchev–Trinajstić information content (AvgIpc) is 2.74. The minimum absolute atomic E-state index is 0.348. The van der Waals surface area contributed by atoms with Crippen LogP contribution in [0.4, 0.5) is 0 Å². The van der Waals surface area contributed by atoms with Crippen LogP contribution in [0.2, 0.25) is 0 Å². The van der Waals surface area contributed by atoms with Crippen molar-refractivity contribution in [3.05, 3.63) is 29.3 Å². The second-order valence-electron chi connectivity index (χ2n) is 5.47. The van der Waals surface area contributed by atoms with Crippen LogP contribution < -0.4 is 10.5 Å². The van der Waals surface area contributed by atoms with Crippen molar-refractivity contribution in [3.63, 3.8) is 0 Å². The van der Waals surface area contributed by atoms with Crippen LogP contribution in [-0.4, -0.2) is 31.1 Å². The summed E-state index contributed by atoms with van der Waals surface area (Å²) in [5, 5.41) is 0. The summed E-state index contributed by atoms with van der Waals surface area (Å²) in [5.41, 5.74) is 8.68. The van der Waals surface area contributed by atoms with Gasteiger partial charge in [0, 0.05) is 25.0 Å². The summed E-state index contributed by atoms with van der Waals surface area (Å²) in [5.74, 6) is 1.06. The number of likely N-dealkylation sites (N-methyl/N-ethyl adjacent to an activating group) is 1. The Bertz CT molecular complexity index is 429. The Hall–Kier alpha value is -1.06. The van der Waals surface area contributed by atoms with E-state index in [1.165, 1.54) is 30.4 Å². The lowest BCUT2D eigenvalue weighted by Crippen LogP contribution is -2.42. The Morgan fingerprint density at radius 3 is 2.94 bits per heavy atom. The summed E-state index contributed by atoms with van der Waals surface area (Å²) in [7, 11) is 2.21. The maximum atomic E-state index is 5.99. The van der Waals surface area contributed by atoms with Gasteiger partial charge in [0.25, 0.3) is 0 Å². The lowest BCUT2D eigenvalue weighted by Gasteiger charge is -2.40. The fourth-order valence-corrected chi connectivity index (χ4v) is 3.00. The summed E-state index contributed by atoms with van der Waals surface area (Å²) in [6.45, 7) is 1.51. The molecule has 1 aliphatic heterocycles. The summed E-state index contributed by atoms with van der Waals surface area (Å²) in [4.78, 5) is 2.46. The lowest BCUT2D eigenvalue weighted by atomic mass is 9.89. The maximum Gasteiger partial charge on any atom is 0.122 e. The quantitative estimate of drug-likeness (QED) is 0.884. The smallest absolute Gasteiger partial charge is 0.122 e. The molecule has 18 heavy (non-hydrogen) atoms. The van der Waals surface area contributed by atoms with Crippen molar-refractivity contribution in [3.8, 4) is 5.75 Å². The Morgan fingerprint density at radius 1 is 1.44 bits per heavy atom. The molecule has 3 nitrogen and oxygen atoms in total. The largest absolute Gasteiger partial charge is 0.493 e. The van der Waals surface area contributed by atoms with Gasteiger partial charge in [0.2, 0.25) is 0 Å². The third kappa shape index (κ3) is 2.02. The highest BCUT2D eigenvalue weighted by molar-refractivity contribution is 5.41. The predicted octanol–water partition coefficient (Wildman–Crippen LogP) is 2.11. The van der Waals surface area contributed by atoms with E-state index < -0.39 is 0 Å². The highest BCUT2D eigenvalue weighted by atomic mass is 16.5. The zero-order valence-corrected chi connectivity index (χ0v) is 11.1. The minimum atomic E-state index is 0.348. The molecule has 2 N–H and O–H groups in total. The molecule has 0 aromatic heterocycles. The van der Waals surface area contributed by atoms with Gasteiger partial charge in [-0.1, -0.05) is 18.6 Å². The van der Waals surface area contributed by atoms with Crippen molar-refractivity contribution in [2.75, 3.05) is 20.2 Å². The standard InChI is InChI=1S/C15H22N2O/c1-17(13-3-2-4-13)14(10-16)11-5-6-15-12(9-11)7-8-18-15/h5-6,9,13-14H,2-4,7-8,10,16H2,1H3. The number of benzene rings is 1. The topological polar surface area (TPSA) is 38.5 Å². The summed E-state index contributed by atoms with van der Waals surface area (Å²) >= 11 is 0. The molecule has 0 saturated heterocycles. The molecule has 98 valence electrons. The van der Waals surface area contributed by atoms with Crippen LogP contribution in [-0.2, 0) is 6.42 Å². The van der Waals surface area contributed by atoms with Crippen molar-refractivity contribution < 1.29 is 4.74 Å². The van der Waals surface area contributed by atoms with Crippen LogP contribution >= 0.6 is 0 Å². The minimum Gasteiger partial charge on any atom is -0.493 e. The monoisotopic (exact) mass is 246 g/mol. The molecule has 1 atom stereocenters. The summed E-state index contributed by atoms with van der Waals surface area (Å²) < 4.78 is 5.56. The van der Waals surface area contributed by atoms with Gasteiger partial charge in [-0.15, -0.1) is 0 Å². The number of hydrogen-bond donors (Lipinski definition) is 1. The van der Waals surface area contributed by atoms with Gasteiger partial charge in [0.05, 0.1) is 6.61 Å². The molecule has 1 heterocycles. The zero-order valence-electron chi connectivity index (χ0n) is 11.1. The number of fused-ring (bicyclic) bond motifs is 1.